The molecular formula is C14H20ClN3. The van der Waals surface area contributed by atoms with Crippen molar-refractivity contribution in [1.29, 1.82) is 0 Å². The van der Waals surface area contributed by atoms with E-state index in [0.29, 0.717) is 17.8 Å². The molecule has 0 bridgehead atoms. The molecular weight excluding hydrogens is 246 g/mol. The zero-order valence-electron chi connectivity index (χ0n) is 11.2. The summed E-state index contributed by atoms with van der Waals surface area (Å²) in [6.45, 7) is 6.71. The maximum atomic E-state index is 6.03. The Bertz CT molecular complexity index is 517. The number of aromatic nitrogens is 3. The summed E-state index contributed by atoms with van der Waals surface area (Å²) < 4.78 is 2.21. The van der Waals surface area contributed by atoms with E-state index < -0.39 is 0 Å². The van der Waals surface area contributed by atoms with Crippen molar-refractivity contribution >= 4 is 22.8 Å². The van der Waals surface area contributed by atoms with Crippen molar-refractivity contribution in [2.24, 2.45) is 5.92 Å². The second-order valence-corrected chi connectivity index (χ2v) is 4.96. The number of rotatable bonds is 5. The predicted molar refractivity (Wildman–Crippen MR) is 75.9 cm³/mol. The molecule has 2 aromatic heterocycles. The molecule has 4 heteroatoms. The van der Waals surface area contributed by atoms with Crippen molar-refractivity contribution in [1.82, 2.24) is 14.5 Å². The summed E-state index contributed by atoms with van der Waals surface area (Å²) in [5.41, 5.74) is 1.89. The summed E-state index contributed by atoms with van der Waals surface area (Å²) in [6.07, 6.45) is 4.13. The summed E-state index contributed by atoms with van der Waals surface area (Å²) in [5.74, 6) is 1.98. The highest BCUT2D eigenvalue weighted by Gasteiger charge is 2.21. The molecule has 3 nitrogen and oxygen atoms in total. The Morgan fingerprint density at radius 2 is 2.06 bits per heavy atom. The van der Waals surface area contributed by atoms with Gasteiger partial charge in [-0.3, -0.25) is 0 Å². The highest BCUT2D eigenvalue weighted by molar-refractivity contribution is 6.16. The van der Waals surface area contributed by atoms with Crippen LogP contribution in [0.3, 0.4) is 0 Å². The normalized spacial score (nSPS) is 13.4. The molecule has 2 heterocycles. The number of hydrogen-bond donors (Lipinski definition) is 0. The van der Waals surface area contributed by atoms with Crippen LogP contribution < -0.4 is 0 Å². The van der Waals surface area contributed by atoms with Crippen molar-refractivity contribution in [3.05, 3.63) is 24.2 Å². The summed E-state index contributed by atoms with van der Waals surface area (Å²) >= 11 is 6.03. The second kappa shape index (κ2) is 5.70. The van der Waals surface area contributed by atoms with E-state index in [1.165, 1.54) is 0 Å². The number of hydrogen-bond acceptors (Lipinski definition) is 2. The molecule has 1 atom stereocenters. The van der Waals surface area contributed by atoms with Crippen LogP contribution in [-0.2, 0) is 5.88 Å². The lowest BCUT2D eigenvalue weighted by atomic mass is 9.95. The van der Waals surface area contributed by atoms with Crippen molar-refractivity contribution < 1.29 is 0 Å². The van der Waals surface area contributed by atoms with E-state index in [9.17, 15) is 0 Å². The van der Waals surface area contributed by atoms with Crippen LogP contribution in [0.15, 0.2) is 18.3 Å². The van der Waals surface area contributed by atoms with Gasteiger partial charge in [0.25, 0.3) is 0 Å². The van der Waals surface area contributed by atoms with E-state index in [1.807, 2.05) is 18.3 Å². The van der Waals surface area contributed by atoms with Gasteiger partial charge in [0.15, 0.2) is 5.65 Å². The van der Waals surface area contributed by atoms with Gasteiger partial charge in [0.2, 0.25) is 0 Å². The van der Waals surface area contributed by atoms with Gasteiger partial charge in [-0.2, -0.15) is 0 Å². The summed E-state index contributed by atoms with van der Waals surface area (Å²) in [6, 6.07) is 4.29. The topological polar surface area (TPSA) is 30.7 Å². The minimum Gasteiger partial charge on any atom is -0.309 e. The standard InChI is InChI=1S/C14H20ClN3/c1-4-11(5-2)10(3)18-13(9-15)17-12-7-6-8-16-14(12)18/h6-8,10-11H,4-5,9H2,1-3H3. The Balaban J connectivity index is 2.53. The molecule has 0 aliphatic heterocycles. The lowest BCUT2D eigenvalue weighted by Crippen LogP contribution is -2.17. The van der Waals surface area contributed by atoms with Crippen molar-refractivity contribution in [3.8, 4) is 0 Å². The molecule has 0 saturated carbocycles. The third-order valence-electron chi connectivity index (χ3n) is 3.78. The fourth-order valence-corrected chi connectivity index (χ4v) is 2.87. The molecule has 0 aliphatic rings. The van der Waals surface area contributed by atoms with E-state index in [4.69, 9.17) is 11.6 Å². The second-order valence-electron chi connectivity index (χ2n) is 4.69. The molecule has 0 amide bonds. The van der Waals surface area contributed by atoms with Gasteiger partial charge in [-0.05, 0) is 25.0 Å². The van der Waals surface area contributed by atoms with Gasteiger partial charge < -0.3 is 4.57 Å². The van der Waals surface area contributed by atoms with Crippen molar-refractivity contribution in [2.45, 2.75) is 45.5 Å². The number of halogens is 1. The first kappa shape index (κ1) is 13.3. The van der Waals surface area contributed by atoms with Crippen LogP contribution >= 0.6 is 11.6 Å². The average molecular weight is 266 g/mol. The number of nitrogens with zero attached hydrogens (tertiary/aromatic N) is 3. The fraction of sp³-hybridized carbons (Fsp3) is 0.571. The third-order valence-corrected chi connectivity index (χ3v) is 4.02. The molecule has 18 heavy (non-hydrogen) atoms. The van der Waals surface area contributed by atoms with Crippen LogP contribution in [0.4, 0.5) is 0 Å². The van der Waals surface area contributed by atoms with Crippen LogP contribution in [0.25, 0.3) is 11.2 Å². The predicted octanol–water partition coefficient (Wildman–Crippen LogP) is 4.17. The lowest BCUT2D eigenvalue weighted by Gasteiger charge is -2.24. The quantitative estimate of drug-likeness (QED) is 0.760. The van der Waals surface area contributed by atoms with E-state index in [2.05, 4.69) is 35.3 Å². The first-order valence-corrected chi connectivity index (χ1v) is 7.14. The molecule has 2 aromatic rings. The van der Waals surface area contributed by atoms with Gasteiger partial charge in [0, 0.05) is 12.2 Å². The van der Waals surface area contributed by atoms with Crippen LogP contribution in [0.5, 0.6) is 0 Å². The molecule has 1 unspecified atom stereocenters. The van der Waals surface area contributed by atoms with Gasteiger partial charge in [0.1, 0.15) is 11.3 Å². The summed E-state index contributed by atoms with van der Waals surface area (Å²) in [5, 5.41) is 0. The monoisotopic (exact) mass is 265 g/mol. The first-order valence-electron chi connectivity index (χ1n) is 6.60. The highest BCUT2D eigenvalue weighted by Crippen LogP contribution is 2.29. The molecule has 2 rings (SSSR count). The molecule has 0 aliphatic carbocycles. The number of pyridine rings is 1. The van der Waals surface area contributed by atoms with Crippen LogP contribution in [-0.4, -0.2) is 14.5 Å². The minimum absolute atomic E-state index is 0.383. The number of imidazole rings is 1. The fourth-order valence-electron chi connectivity index (χ4n) is 2.68. The van der Waals surface area contributed by atoms with Crippen LogP contribution in [0.2, 0.25) is 0 Å². The molecule has 0 fully saturated rings. The van der Waals surface area contributed by atoms with E-state index >= 15 is 0 Å². The Morgan fingerprint density at radius 3 is 2.67 bits per heavy atom. The smallest absolute Gasteiger partial charge is 0.160 e. The molecule has 0 spiro atoms. The Morgan fingerprint density at radius 1 is 1.33 bits per heavy atom. The van der Waals surface area contributed by atoms with Gasteiger partial charge in [0.05, 0.1) is 5.88 Å². The van der Waals surface area contributed by atoms with Crippen molar-refractivity contribution in [3.63, 3.8) is 0 Å². The van der Waals surface area contributed by atoms with Crippen molar-refractivity contribution in [2.75, 3.05) is 0 Å². The third kappa shape index (κ3) is 2.24. The van der Waals surface area contributed by atoms with Gasteiger partial charge in [-0.1, -0.05) is 26.7 Å². The largest absolute Gasteiger partial charge is 0.309 e. The zero-order chi connectivity index (χ0) is 13.1. The van der Waals surface area contributed by atoms with Gasteiger partial charge in [-0.25, -0.2) is 9.97 Å². The van der Waals surface area contributed by atoms with Crippen LogP contribution in [0, 0.1) is 5.92 Å². The zero-order valence-corrected chi connectivity index (χ0v) is 12.0. The summed E-state index contributed by atoms with van der Waals surface area (Å²) in [7, 11) is 0. The van der Waals surface area contributed by atoms with E-state index in [1.54, 1.807) is 0 Å². The highest BCUT2D eigenvalue weighted by atomic mass is 35.5. The first-order chi connectivity index (χ1) is 8.72. The molecule has 0 N–H and O–H groups in total. The molecule has 0 radical (unpaired) electrons. The van der Waals surface area contributed by atoms with Gasteiger partial charge >= 0.3 is 0 Å². The molecule has 98 valence electrons. The molecule has 0 saturated heterocycles. The number of alkyl halides is 1. The Labute approximate surface area is 113 Å². The van der Waals surface area contributed by atoms with Crippen LogP contribution in [0.1, 0.15) is 45.5 Å². The number of fused-ring (bicyclic) bond motifs is 1. The molecule has 0 aromatic carbocycles. The Kier molecular flexibility index (Phi) is 4.23. The van der Waals surface area contributed by atoms with E-state index in [0.717, 1.165) is 29.8 Å². The maximum Gasteiger partial charge on any atom is 0.160 e. The van der Waals surface area contributed by atoms with Gasteiger partial charge in [-0.15, -0.1) is 11.6 Å². The van der Waals surface area contributed by atoms with E-state index in [-0.39, 0.29) is 0 Å². The Hall–Kier alpha value is -1.09. The lowest BCUT2D eigenvalue weighted by molar-refractivity contribution is 0.333. The maximum absolute atomic E-state index is 6.03. The average Bonchev–Trinajstić information content (AvgIpc) is 2.78. The summed E-state index contributed by atoms with van der Waals surface area (Å²) in [4.78, 5) is 9.04. The minimum atomic E-state index is 0.383. The SMILES string of the molecule is CCC(CC)C(C)n1c(CCl)nc2cccnc21.